The third-order valence-electron chi connectivity index (χ3n) is 4.18. The van der Waals surface area contributed by atoms with Gasteiger partial charge in [-0.1, -0.05) is 25.1 Å². The van der Waals surface area contributed by atoms with E-state index in [0.717, 1.165) is 35.3 Å². The molecule has 1 aliphatic heterocycles. The fraction of sp³-hybridized carbons (Fsp3) is 0.421. The van der Waals surface area contributed by atoms with E-state index in [2.05, 4.69) is 32.9 Å². The minimum atomic E-state index is 0. The van der Waals surface area contributed by atoms with E-state index in [1.54, 1.807) is 11.3 Å². The van der Waals surface area contributed by atoms with Crippen LogP contribution in [0.5, 0.6) is 0 Å². The zero-order valence-electron chi connectivity index (χ0n) is 15.6. The van der Waals surface area contributed by atoms with Gasteiger partial charge in [-0.2, -0.15) is 0 Å². The largest absolute Gasteiger partial charge is 0.357 e. The van der Waals surface area contributed by atoms with E-state index in [9.17, 15) is 4.79 Å². The molecule has 1 unspecified atom stereocenters. The number of nitrogens with zero attached hydrogens (tertiary/aromatic N) is 3. The maximum atomic E-state index is 12.4. The first kappa shape index (κ1) is 21.6. The number of aromatic nitrogens is 1. The molecule has 2 heterocycles. The van der Waals surface area contributed by atoms with Gasteiger partial charge in [0.05, 0.1) is 23.3 Å². The van der Waals surface area contributed by atoms with E-state index in [4.69, 9.17) is 0 Å². The van der Waals surface area contributed by atoms with Crippen LogP contribution in [0.15, 0.2) is 40.7 Å². The fourth-order valence-corrected chi connectivity index (χ4v) is 3.66. The molecule has 1 aromatic heterocycles. The van der Waals surface area contributed by atoms with Crippen LogP contribution in [0.4, 0.5) is 5.69 Å². The molecule has 1 saturated heterocycles. The van der Waals surface area contributed by atoms with Gasteiger partial charge >= 0.3 is 0 Å². The Balaban J connectivity index is 0.00000261. The van der Waals surface area contributed by atoms with Gasteiger partial charge in [-0.3, -0.25) is 4.79 Å². The van der Waals surface area contributed by atoms with E-state index >= 15 is 0 Å². The smallest absolute Gasteiger partial charge is 0.229 e. The summed E-state index contributed by atoms with van der Waals surface area (Å²) in [6, 6.07) is 9.83. The number of benzene rings is 1. The molecule has 0 bridgehead atoms. The van der Waals surface area contributed by atoms with Gasteiger partial charge in [-0.05, 0) is 25.5 Å². The Kier molecular flexibility index (Phi) is 8.49. The molecule has 1 aromatic carbocycles. The van der Waals surface area contributed by atoms with Crippen LogP contribution in [-0.2, 0) is 17.8 Å². The second-order valence-electron chi connectivity index (χ2n) is 6.17. The second kappa shape index (κ2) is 10.6. The zero-order chi connectivity index (χ0) is 18.4. The third kappa shape index (κ3) is 5.90. The van der Waals surface area contributed by atoms with Crippen molar-refractivity contribution in [2.45, 2.75) is 39.3 Å². The minimum absolute atomic E-state index is 0. The van der Waals surface area contributed by atoms with Crippen molar-refractivity contribution >= 4 is 52.9 Å². The predicted octanol–water partition coefficient (Wildman–Crippen LogP) is 3.18. The average molecular weight is 499 g/mol. The van der Waals surface area contributed by atoms with Crippen LogP contribution in [0.1, 0.15) is 31.0 Å². The van der Waals surface area contributed by atoms with Crippen molar-refractivity contribution in [1.82, 2.24) is 15.6 Å². The monoisotopic (exact) mass is 499 g/mol. The van der Waals surface area contributed by atoms with Gasteiger partial charge in [-0.15, -0.1) is 35.3 Å². The van der Waals surface area contributed by atoms with Crippen LogP contribution in [0.2, 0.25) is 0 Å². The second-order valence-corrected chi connectivity index (χ2v) is 7.11. The van der Waals surface area contributed by atoms with Gasteiger partial charge in [0, 0.05) is 30.6 Å². The van der Waals surface area contributed by atoms with Gasteiger partial charge < -0.3 is 15.5 Å². The molecule has 0 aliphatic carbocycles. The Bertz CT molecular complexity index is 764. The SMILES string of the molecule is CCNC(=NCc1csc(CC)n1)NC1CC(=O)N(c2ccccc2)C1.I. The molecule has 2 aromatic rings. The summed E-state index contributed by atoms with van der Waals surface area (Å²) in [6.07, 6.45) is 1.42. The van der Waals surface area contributed by atoms with Crippen molar-refractivity contribution in [2.24, 2.45) is 4.99 Å². The third-order valence-corrected chi connectivity index (χ3v) is 5.22. The number of para-hydroxylation sites is 1. The highest BCUT2D eigenvalue weighted by Crippen LogP contribution is 2.21. The van der Waals surface area contributed by atoms with E-state index in [-0.39, 0.29) is 35.9 Å². The first-order valence-corrected chi connectivity index (χ1v) is 9.91. The number of nitrogens with one attached hydrogen (secondary N) is 2. The molecule has 2 N–H and O–H groups in total. The van der Waals surface area contributed by atoms with Crippen LogP contribution in [0.3, 0.4) is 0 Å². The van der Waals surface area contributed by atoms with Gasteiger partial charge in [0.1, 0.15) is 0 Å². The molecule has 6 nitrogen and oxygen atoms in total. The lowest BCUT2D eigenvalue weighted by atomic mass is 10.2. The molecule has 146 valence electrons. The van der Waals surface area contributed by atoms with Gasteiger partial charge in [0.2, 0.25) is 5.91 Å². The number of thiazole rings is 1. The lowest BCUT2D eigenvalue weighted by Gasteiger charge is -2.18. The van der Waals surface area contributed by atoms with Crippen LogP contribution in [-0.4, -0.2) is 36.0 Å². The standard InChI is InChI=1S/C19H25N5OS.HI/c1-3-17-22-15(13-26-17)11-21-19(20-4-2)23-14-10-18(25)24(12-14)16-8-6-5-7-9-16;/h5-9,13-14H,3-4,10-12H2,1-2H3,(H2,20,21,23);1H. The van der Waals surface area contributed by atoms with Crippen LogP contribution < -0.4 is 15.5 Å². The maximum Gasteiger partial charge on any atom is 0.229 e. The highest BCUT2D eigenvalue weighted by atomic mass is 127. The van der Waals surface area contributed by atoms with Crippen molar-refractivity contribution in [2.75, 3.05) is 18.0 Å². The molecule has 0 spiro atoms. The summed E-state index contributed by atoms with van der Waals surface area (Å²) in [5.74, 6) is 0.864. The van der Waals surface area contributed by atoms with Gasteiger partial charge in [-0.25, -0.2) is 9.98 Å². The Morgan fingerprint density at radius 1 is 1.33 bits per heavy atom. The number of rotatable bonds is 6. The van der Waals surface area contributed by atoms with Crippen molar-refractivity contribution < 1.29 is 4.79 Å². The summed E-state index contributed by atoms with van der Waals surface area (Å²) in [4.78, 5) is 23.4. The lowest BCUT2D eigenvalue weighted by molar-refractivity contribution is -0.117. The summed E-state index contributed by atoms with van der Waals surface area (Å²) < 4.78 is 0. The summed E-state index contributed by atoms with van der Waals surface area (Å²) in [7, 11) is 0. The molecular formula is C19H26IN5OS. The van der Waals surface area contributed by atoms with Crippen molar-refractivity contribution in [1.29, 1.82) is 0 Å². The molecule has 0 radical (unpaired) electrons. The highest BCUT2D eigenvalue weighted by molar-refractivity contribution is 14.0. The summed E-state index contributed by atoms with van der Waals surface area (Å²) >= 11 is 1.67. The number of aryl methyl sites for hydroxylation is 1. The minimum Gasteiger partial charge on any atom is -0.357 e. The molecule has 3 rings (SSSR count). The van der Waals surface area contributed by atoms with Crippen molar-refractivity contribution in [3.63, 3.8) is 0 Å². The zero-order valence-corrected chi connectivity index (χ0v) is 18.8. The predicted molar refractivity (Wildman–Crippen MR) is 122 cm³/mol. The van der Waals surface area contributed by atoms with Crippen LogP contribution in [0.25, 0.3) is 0 Å². The fourth-order valence-electron chi connectivity index (χ4n) is 2.92. The van der Waals surface area contributed by atoms with Gasteiger partial charge in [0.15, 0.2) is 5.96 Å². The summed E-state index contributed by atoms with van der Waals surface area (Å²) in [5.41, 5.74) is 1.93. The molecular weight excluding hydrogens is 473 g/mol. The molecule has 1 aliphatic rings. The number of amides is 1. The van der Waals surface area contributed by atoms with Crippen molar-refractivity contribution in [3.8, 4) is 0 Å². The van der Waals surface area contributed by atoms with Crippen molar-refractivity contribution in [3.05, 3.63) is 46.4 Å². The molecule has 8 heteroatoms. The van der Waals surface area contributed by atoms with E-state index in [0.29, 0.717) is 19.5 Å². The number of carbonyl (C=O) groups is 1. The maximum absolute atomic E-state index is 12.4. The van der Waals surface area contributed by atoms with E-state index in [1.165, 1.54) is 0 Å². The molecule has 1 fully saturated rings. The van der Waals surface area contributed by atoms with Gasteiger partial charge in [0.25, 0.3) is 0 Å². The molecule has 0 saturated carbocycles. The number of halogens is 1. The summed E-state index contributed by atoms with van der Waals surface area (Å²) in [5, 5.41) is 9.83. The normalized spacial score (nSPS) is 17.0. The molecule has 27 heavy (non-hydrogen) atoms. The van der Waals surface area contributed by atoms with Crippen LogP contribution >= 0.6 is 35.3 Å². The van der Waals surface area contributed by atoms with Crippen LogP contribution in [0, 0.1) is 0 Å². The number of carbonyl (C=O) groups excluding carboxylic acids is 1. The Hall–Kier alpha value is -1.68. The summed E-state index contributed by atoms with van der Waals surface area (Å²) in [6.45, 7) is 6.09. The average Bonchev–Trinajstić information content (AvgIpc) is 3.27. The highest BCUT2D eigenvalue weighted by Gasteiger charge is 2.31. The lowest BCUT2D eigenvalue weighted by Crippen LogP contribution is -2.44. The number of aliphatic imine (C=N–C) groups is 1. The molecule has 1 atom stereocenters. The Morgan fingerprint density at radius 2 is 2.11 bits per heavy atom. The first-order valence-electron chi connectivity index (χ1n) is 9.03. The number of hydrogen-bond acceptors (Lipinski definition) is 4. The number of guanidine groups is 1. The number of hydrogen-bond donors (Lipinski definition) is 2. The topological polar surface area (TPSA) is 69.6 Å². The van der Waals surface area contributed by atoms with E-state index in [1.807, 2.05) is 42.2 Å². The molecule has 1 amide bonds. The number of anilines is 1. The first-order chi connectivity index (χ1) is 12.7. The quantitative estimate of drug-likeness (QED) is 0.364. The Labute approximate surface area is 181 Å². The van der Waals surface area contributed by atoms with E-state index < -0.39 is 0 Å². The Morgan fingerprint density at radius 3 is 2.78 bits per heavy atom.